The summed E-state index contributed by atoms with van der Waals surface area (Å²) in [4.78, 5) is 73.2. The van der Waals surface area contributed by atoms with Crippen molar-refractivity contribution in [3.63, 3.8) is 0 Å². The quantitative estimate of drug-likeness (QED) is 0.135. The van der Waals surface area contributed by atoms with Crippen molar-refractivity contribution in [1.82, 2.24) is 16.0 Å². The van der Waals surface area contributed by atoms with Crippen LogP contribution in [0.15, 0.2) is 60.7 Å². The molecule has 2 aromatic rings. The molecule has 2 rings (SSSR count). The maximum atomic E-state index is 13.3. The highest BCUT2D eigenvalue weighted by atomic mass is 16.4. The topological polar surface area (TPSA) is 231 Å². The summed E-state index contributed by atoms with van der Waals surface area (Å²) in [5.41, 5.74) is 12.1. The van der Waals surface area contributed by atoms with Crippen molar-refractivity contribution in [2.75, 3.05) is 0 Å². The van der Waals surface area contributed by atoms with Crippen LogP contribution in [0.4, 0.5) is 0 Å². The predicted molar refractivity (Wildman–Crippen MR) is 142 cm³/mol. The molecular formula is C27H33N5O8. The van der Waals surface area contributed by atoms with Crippen LogP contribution in [0.1, 0.15) is 30.4 Å². The lowest BCUT2D eigenvalue weighted by molar-refractivity contribution is -0.143. The van der Waals surface area contributed by atoms with Crippen LogP contribution in [0.5, 0.6) is 0 Å². The molecule has 0 aliphatic carbocycles. The summed E-state index contributed by atoms with van der Waals surface area (Å²) >= 11 is 0. The largest absolute Gasteiger partial charge is 0.481 e. The third-order valence-corrected chi connectivity index (χ3v) is 5.85. The second kappa shape index (κ2) is 15.6. The average molecular weight is 556 g/mol. The lowest BCUT2D eigenvalue weighted by atomic mass is 10.0. The molecule has 0 saturated carbocycles. The first kappa shape index (κ1) is 31.4. The zero-order chi connectivity index (χ0) is 29.7. The first-order valence-electron chi connectivity index (χ1n) is 12.4. The van der Waals surface area contributed by atoms with Crippen LogP contribution in [-0.4, -0.2) is 69.9 Å². The molecule has 4 amide bonds. The molecule has 4 atom stereocenters. The van der Waals surface area contributed by atoms with Crippen LogP contribution in [0.2, 0.25) is 0 Å². The maximum Gasteiger partial charge on any atom is 0.326 e. The second-order valence-corrected chi connectivity index (χ2v) is 9.11. The van der Waals surface area contributed by atoms with Gasteiger partial charge in [0.15, 0.2) is 0 Å². The van der Waals surface area contributed by atoms with Gasteiger partial charge in [0.25, 0.3) is 0 Å². The number of nitrogens with two attached hydrogens (primary N) is 2. The fraction of sp³-hybridized carbons (Fsp3) is 0.333. The Morgan fingerprint density at radius 1 is 0.675 bits per heavy atom. The molecule has 13 nitrogen and oxygen atoms in total. The van der Waals surface area contributed by atoms with Gasteiger partial charge in [-0.15, -0.1) is 0 Å². The zero-order valence-corrected chi connectivity index (χ0v) is 21.6. The van der Waals surface area contributed by atoms with Crippen molar-refractivity contribution in [1.29, 1.82) is 0 Å². The lowest BCUT2D eigenvalue weighted by Crippen LogP contribution is -2.58. The molecule has 0 fully saturated rings. The number of carboxylic acids is 2. The number of carbonyl (C=O) groups is 6. The van der Waals surface area contributed by atoms with Crippen LogP contribution in [0.3, 0.4) is 0 Å². The summed E-state index contributed by atoms with van der Waals surface area (Å²) in [5, 5.41) is 26.0. The zero-order valence-electron chi connectivity index (χ0n) is 21.6. The summed E-state index contributed by atoms with van der Waals surface area (Å²) in [5.74, 6) is -5.97. The van der Waals surface area contributed by atoms with Crippen molar-refractivity contribution >= 4 is 35.6 Å². The SMILES string of the molecule is NC(=O)CC(N)C(=O)NC(Cc1ccccc1)C(=O)NC(CCC(=O)O)C(=O)NC(Cc1ccccc1)C(=O)O. The van der Waals surface area contributed by atoms with Crippen LogP contribution in [-0.2, 0) is 41.6 Å². The number of nitrogens with one attached hydrogen (secondary N) is 3. The van der Waals surface area contributed by atoms with E-state index >= 15 is 0 Å². The first-order chi connectivity index (χ1) is 19.0. The molecule has 0 aliphatic heterocycles. The van der Waals surface area contributed by atoms with Crippen LogP contribution >= 0.6 is 0 Å². The minimum absolute atomic E-state index is 0.0271. The van der Waals surface area contributed by atoms with Gasteiger partial charge in [-0.2, -0.15) is 0 Å². The Morgan fingerprint density at radius 3 is 1.60 bits per heavy atom. The van der Waals surface area contributed by atoms with Gasteiger partial charge in [0.05, 0.1) is 12.5 Å². The van der Waals surface area contributed by atoms with Gasteiger partial charge in [0.2, 0.25) is 23.6 Å². The average Bonchev–Trinajstić information content (AvgIpc) is 2.90. The molecule has 0 spiro atoms. The highest BCUT2D eigenvalue weighted by molar-refractivity contribution is 5.95. The number of primary amides is 1. The second-order valence-electron chi connectivity index (χ2n) is 9.11. The van der Waals surface area contributed by atoms with E-state index in [-0.39, 0.29) is 19.3 Å². The Bertz CT molecular complexity index is 1190. The van der Waals surface area contributed by atoms with E-state index in [0.29, 0.717) is 11.1 Å². The van der Waals surface area contributed by atoms with Gasteiger partial charge in [-0.1, -0.05) is 60.7 Å². The Labute approximate surface area is 230 Å². The molecule has 0 heterocycles. The minimum Gasteiger partial charge on any atom is -0.481 e. The van der Waals surface area contributed by atoms with Crippen molar-refractivity contribution in [2.24, 2.45) is 11.5 Å². The fourth-order valence-electron chi connectivity index (χ4n) is 3.78. The highest BCUT2D eigenvalue weighted by Gasteiger charge is 2.31. The monoisotopic (exact) mass is 555 g/mol. The smallest absolute Gasteiger partial charge is 0.326 e. The van der Waals surface area contributed by atoms with E-state index in [9.17, 15) is 33.9 Å². The molecule has 4 unspecified atom stereocenters. The third kappa shape index (κ3) is 10.9. The van der Waals surface area contributed by atoms with Gasteiger partial charge < -0.3 is 37.6 Å². The number of carboxylic acid groups (broad SMARTS) is 2. The van der Waals surface area contributed by atoms with E-state index in [1.54, 1.807) is 60.7 Å². The van der Waals surface area contributed by atoms with E-state index in [1.165, 1.54) is 0 Å². The molecule has 2 aromatic carbocycles. The first-order valence-corrected chi connectivity index (χ1v) is 12.4. The highest BCUT2D eigenvalue weighted by Crippen LogP contribution is 2.08. The van der Waals surface area contributed by atoms with Gasteiger partial charge in [0.1, 0.15) is 18.1 Å². The number of hydrogen-bond acceptors (Lipinski definition) is 7. The van der Waals surface area contributed by atoms with Gasteiger partial charge in [-0.05, 0) is 17.5 Å². The van der Waals surface area contributed by atoms with Crippen molar-refractivity contribution < 1.29 is 39.0 Å². The lowest BCUT2D eigenvalue weighted by Gasteiger charge is -2.25. The molecule has 0 radical (unpaired) electrons. The number of amides is 4. The van der Waals surface area contributed by atoms with E-state index in [4.69, 9.17) is 16.6 Å². The van der Waals surface area contributed by atoms with E-state index in [2.05, 4.69) is 16.0 Å². The van der Waals surface area contributed by atoms with E-state index in [0.717, 1.165) is 0 Å². The van der Waals surface area contributed by atoms with Crippen molar-refractivity contribution in [3.05, 3.63) is 71.8 Å². The maximum absolute atomic E-state index is 13.3. The van der Waals surface area contributed by atoms with Gasteiger partial charge in [0, 0.05) is 19.3 Å². The Morgan fingerprint density at radius 2 is 1.12 bits per heavy atom. The normalized spacial score (nSPS) is 13.6. The number of carbonyl (C=O) groups excluding carboxylic acids is 4. The molecule has 40 heavy (non-hydrogen) atoms. The summed E-state index contributed by atoms with van der Waals surface area (Å²) < 4.78 is 0. The van der Waals surface area contributed by atoms with Crippen molar-refractivity contribution in [2.45, 2.75) is 56.3 Å². The Hall–Kier alpha value is -4.78. The van der Waals surface area contributed by atoms with E-state index in [1.807, 2.05) is 0 Å². The number of hydrogen-bond donors (Lipinski definition) is 7. The van der Waals surface area contributed by atoms with E-state index < -0.39 is 72.6 Å². The van der Waals surface area contributed by atoms with Gasteiger partial charge >= 0.3 is 11.9 Å². The van der Waals surface area contributed by atoms with Gasteiger partial charge in [-0.3, -0.25) is 24.0 Å². The van der Waals surface area contributed by atoms with Crippen LogP contribution in [0.25, 0.3) is 0 Å². The standard InChI is InChI=1S/C27H33N5O8/c28-18(15-22(29)33)24(36)31-20(13-16-7-3-1-4-8-16)26(38)30-19(11-12-23(34)35)25(37)32-21(27(39)40)14-17-9-5-2-6-10-17/h1-10,18-21H,11-15,28H2,(H2,29,33)(H,30,38)(H,31,36)(H,32,37)(H,34,35)(H,39,40). The third-order valence-electron chi connectivity index (χ3n) is 5.85. The molecular weight excluding hydrogens is 522 g/mol. The summed E-state index contributed by atoms with van der Waals surface area (Å²) in [7, 11) is 0. The van der Waals surface area contributed by atoms with Gasteiger partial charge in [-0.25, -0.2) is 4.79 Å². The molecule has 9 N–H and O–H groups in total. The summed E-state index contributed by atoms with van der Waals surface area (Å²) in [6.07, 6.45) is -1.40. The Kier molecular flexibility index (Phi) is 12.3. The van der Waals surface area contributed by atoms with Crippen LogP contribution in [0, 0.1) is 0 Å². The fourth-order valence-corrected chi connectivity index (χ4v) is 3.78. The molecule has 0 bridgehead atoms. The molecule has 214 valence electrons. The molecule has 0 aromatic heterocycles. The molecule has 13 heteroatoms. The van der Waals surface area contributed by atoms with Crippen LogP contribution < -0.4 is 27.4 Å². The molecule has 0 aliphatic rings. The Balaban J connectivity index is 2.24. The number of rotatable bonds is 16. The molecule has 0 saturated heterocycles. The number of benzene rings is 2. The minimum atomic E-state index is -1.43. The number of aliphatic carboxylic acids is 2. The summed E-state index contributed by atoms with van der Waals surface area (Å²) in [6, 6.07) is 11.7. The summed E-state index contributed by atoms with van der Waals surface area (Å²) in [6.45, 7) is 0. The van der Waals surface area contributed by atoms with Crippen molar-refractivity contribution in [3.8, 4) is 0 Å². The predicted octanol–water partition coefficient (Wildman–Crippen LogP) is -0.922.